The molecule has 1 aromatic carbocycles. The predicted molar refractivity (Wildman–Crippen MR) is 74.5 cm³/mol. The SMILES string of the molecule is OCc1cc(OC2=c3ccoc3=CCN2)ccc1Br. The van der Waals surface area contributed by atoms with Crippen molar-refractivity contribution in [2.75, 3.05) is 6.54 Å². The average Bonchev–Trinajstić information content (AvgIpc) is 2.90. The Morgan fingerprint density at radius 2 is 2.26 bits per heavy atom. The number of benzene rings is 1. The molecule has 5 heteroatoms. The van der Waals surface area contributed by atoms with E-state index in [2.05, 4.69) is 21.2 Å². The summed E-state index contributed by atoms with van der Waals surface area (Å²) in [4.78, 5) is 0. The molecule has 0 spiro atoms. The molecular formula is C14H12BrNO3. The number of hydrogen-bond donors (Lipinski definition) is 2. The van der Waals surface area contributed by atoms with Gasteiger partial charge in [-0.1, -0.05) is 15.9 Å². The van der Waals surface area contributed by atoms with Gasteiger partial charge >= 0.3 is 0 Å². The smallest absolute Gasteiger partial charge is 0.204 e. The van der Waals surface area contributed by atoms with Gasteiger partial charge in [0.25, 0.3) is 0 Å². The number of hydrogen-bond acceptors (Lipinski definition) is 4. The number of halogens is 1. The minimum absolute atomic E-state index is 0.0364. The molecule has 2 heterocycles. The highest BCUT2D eigenvalue weighted by molar-refractivity contribution is 9.10. The fraction of sp³-hybridized carbons (Fsp3) is 0.143. The molecule has 2 aromatic rings. The van der Waals surface area contributed by atoms with Crippen molar-refractivity contribution in [3.05, 3.63) is 51.2 Å². The lowest BCUT2D eigenvalue weighted by Gasteiger charge is -2.14. The first-order valence-corrected chi connectivity index (χ1v) is 6.66. The summed E-state index contributed by atoms with van der Waals surface area (Å²) in [5.41, 5.74) is 1.60. The summed E-state index contributed by atoms with van der Waals surface area (Å²) in [5.74, 6) is 1.33. The van der Waals surface area contributed by atoms with Gasteiger partial charge in [-0.15, -0.1) is 0 Å². The van der Waals surface area contributed by atoms with E-state index < -0.39 is 0 Å². The highest BCUT2D eigenvalue weighted by atomic mass is 79.9. The first-order valence-electron chi connectivity index (χ1n) is 5.87. The highest BCUT2D eigenvalue weighted by Gasteiger charge is 2.09. The molecule has 1 aliphatic rings. The molecule has 1 aliphatic heterocycles. The summed E-state index contributed by atoms with van der Waals surface area (Å²) < 4.78 is 12.0. The summed E-state index contributed by atoms with van der Waals surface area (Å²) >= 11 is 3.38. The molecule has 19 heavy (non-hydrogen) atoms. The van der Waals surface area contributed by atoms with Gasteiger partial charge in [0.15, 0.2) is 0 Å². The van der Waals surface area contributed by atoms with Crippen molar-refractivity contribution in [1.29, 1.82) is 0 Å². The van der Waals surface area contributed by atoms with Gasteiger partial charge in [0.2, 0.25) is 5.88 Å². The summed E-state index contributed by atoms with van der Waals surface area (Å²) in [7, 11) is 0. The standard InChI is InChI=1S/C14H12BrNO3/c15-12-2-1-10(7-9(12)8-17)19-14-11-4-6-18-13(11)3-5-16-14/h1-4,6-7,16-17H,5,8H2. The van der Waals surface area contributed by atoms with Crippen LogP contribution in [0.3, 0.4) is 0 Å². The van der Waals surface area contributed by atoms with Gasteiger partial charge in [0, 0.05) is 11.0 Å². The van der Waals surface area contributed by atoms with Crippen molar-refractivity contribution in [1.82, 2.24) is 5.32 Å². The molecule has 0 saturated carbocycles. The monoisotopic (exact) mass is 321 g/mol. The molecule has 0 amide bonds. The second kappa shape index (κ2) is 5.11. The van der Waals surface area contributed by atoms with Crippen LogP contribution < -0.4 is 20.7 Å². The Balaban J connectivity index is 1.99. The number of rotatable bonds is 3. The normalized spacial score (nSPS) is 13.5. The van der Waals surface area contributed by atoms with Crippen LogP contribution in [0.4, 0.5) is 0 Å². The molecule has 0 aliphatic carbocycles. The lowest BCUT2D eigenvalue weighted by Crippen LogP contribution is -2.37. The molecule has 0 radical (unpaired) electrons. The highest BCUT2D eigenvalue weighted by Crippen LogP contribution is 2.23. The van der Waals surface area contributed by atoms with Gasteiger partial charge in [0.1, 0.15) is 11.2 Å². The van der Waals surface area contributed by atoms with E-state index in [1.54, 1.807) is 12.3 Å². The van der Waals surface area contributed by atoms with Crippen molar-refractivity contribution < 1.29 is 14.3 Å². The van der Waals surface area contributed by atoms with E-state index in [0.29, 0.717) is 18.2 Å². The quantitative estimate of drug-likeness (QED) is 0.887. The van der Waals surface area contributed by atoms with Crippen LogP contribution in [0.1, 0.15) is 5.56 Å². The molecule has 0 fully saturated rings. The maximum atomic E-state index is 9.25. The summed E-state index contributed by atoms with van der Waals surface area (Å²) in [6, 6.07) is 7.36. The molecule has 0 bridgehead atoms. The van der Waals surface area contributed by atoms with E-state index in [9.17, 15) is 5.11 Å². The van der Waals surface area contributed by atoms with Gasteiger partial charge in [0.05, 0.1) is 18.1 Å². The number of aliphatic hydroxyl groups excluding tert-OH is 1. The fourth-order valence-corrected chi connectivity index (χ4v) is 2.31. The Kier molecular flexibility index (Phi) is 3.31. The van der Waals surface area contributed by atoms with E-state index in [-0.39, 0.29) is 6.61 Å². The predicted octanol–water partition coefficient (Wildman–Crippen LogP) is 1.06. The number of nitrogens with one attached hydrogen (secondary N) is 1. The maximum Gasteiger partial charge on any atom is 0.204 e. The summed E-state index contributed by atoms with van der Waals surface area (Å²) in [6.45, 7) is 0.629. The Bertz CT molecular complexity index is 721. The van der Waals surface area contributed by atoms with E-state index in [4.69, 9.17) is 9.15 Å². The largest absolute Gasteiger partial charge is 0.464 e. The van der Waals surface area contributed by atoms with Crippen LogP contribution in [0.15, 0.2) is 39.4 Å². The Hall–Kier alpha value is -1.72. The summed E-state index contributed by atoms with van der Waals surface area (Å²) in [6.07, 6.45) is 3.60. The van der Waals surface area contributed by atoms with E-state index in [0.717, 1.165) is 20.7 Å². The number of furan rings is 1. The minimum Gasteiger partial charge on any atom is -0.464 e. The van der Waals surface area contributed by atoms with Crippen LogP contribution in [0.25, 0.3) is 12.0 Å². The van der Waals surface area contributed by atoms with E-state index in [1.165, 1.54) is 0 Å². The number of fused-ring (bicyclic) bond motifs is 1. The molecule has 0 atom stereocenters. The lowest BCUT2D eigenvalue weighted by atomic mass is 10.2. The van der Waals surface area contributed by atoms with Crippen LogP contribution in [0, 0.1) is 0 Å². The van der Waals surface area contributed by atoms with Crippen molar-refractivity contribution in [3.63, 3.8) is 0 Å². The van der Waals surface area contributed by atoms with Gasteiger partial charge in [-0.3, -0.25) is 0 Å². The maximum absolute atomic E-state index is 9.25. The van der Waals surface area contributed by atoms with Gasteiger partial charge < -0.3 is 19.6 Å². The Morgan fingerprint density at radius 3 is 3.11 bits per heavy atom. The van der Waals surface area contributed by atoms with E-state index in [1.807, 2.05) is 24.3 Å². The van der Waals surface area contributed by atoms with Crippen LogP contribution in [-0.4, -0.2) is 11.7 Å². The average molecular weight is 322 g/mol. The molecule has 0 saturated heterocycles. The van der Waals surface area contributed by atoms with Crippen LogP contribution in [0.2, 0.25) is 0 Å². The zero-order valence-electron chi connectivity index (χ0n) is 10.0. The van der Waals surface area contributed by atoms with Crippen LogP contribution in [0.5, 0.6) is 5.75 Å². The molecule has 0 unspecified atom stereocenters. The molecule has 2 N–H and O–H groups in total. The topological polar surface area (TPSA) is 54.6 Å². The first kappa shape index (κ1) is 12.3. The second-order valence-electron chi connectivity index (χ2n) is 4.13. The molecular weight excluding hydrogens is 310 g/mol. The fourth-order valence-electron chi connectivity index (χ4n) is 1.94. The van der Waals surface area contributed by atoms with Gasteiger partial charge in [-0.25, -0.2) is 0 Å². The van der Waals surface area contributed by atoms with Crippen molar-refractivity contribution in [2.24, 2.45) is 0 Å². The van der Waals surface area contributed by atoms with E-state index >= 15 is 0 Å². The Labute approximate surface area is 118 Å². The van der Waals surface area contributed by atoms with Crippen molar-refractivity contribution >= 4 is 27.9 Å². The second-order valence-corrected chi connectivity index (χ2v) is 4.98. The van der Waals surface area contributed by atoms with Crippen LogP contribution in [-0.2, 0) is 6.61 Å². The number of aliphatic hydroxyl groups is 1. The van der Waals surface area contributed by atoms with Gasteiger partial charge in [-0.05, 0) is 35.9 Å². The molecule has 1 aromatic heterocycles. The third-order valence-electron chi connectivity index (χ3n) is 2.90. The molecule has 3 rings (SSSR count). The number of ether oxygens (including phenoxy) is 1. The summed E-state index contributed by atoms with van der Waals surface area (Å²) in [5, 5.41) is 13.3. The molecule has 98 valence electrons. The van der Waals surface area contributed by atoms with Crippen LogP contribution >= 0.6 is 15.9 Å². The van der Waals surface area contributed by atoms with Gasteiger partial charge in [-0.2, -0.15) is 0 Å². The third-order valence-corrected chi connectivity index (χ3v) is 3.67. The zero-order chi connectivity index (χ0) is 13.2. The lowest BCUT2D eigenvalue weighted by molar-refractivity contribution is 0.280. The molecule has 4 nitrogen and oxygen atoms in total. The first-order chi connectivity index (χ1) is 9.28. The Morgan fingerprint density at radius 1 is 1.37 bits per heavy atom. The van der Waals surface area contributed by atoms with Crippen molar-refractivity contribution in [2.45, 2.75) is 6.61 Å². The zero-order valence-corrected chi connectivity index (χ0v) is 11.6. The van der Waals surface area contributed by atoms with Crippen molar-refractivity contribution in [3.8, 4) is 5.75 Å². The third kappa shape index (κ3) is 2.39. The minimum atomic E-state index is -0.0364.